The zero-order valence-electron chi connectivity index (χ0n) is 15.6. The molecule has 4 aromatic rings. The number of phenolic OH excluding ortho intramolecular Hbond substituents is 1. The predicted octanol–water partition coefficient (Wildman–Crippen LogP) is 5.20. The van der Waals surface area contributed by atoms with Gasteiger partial charge in [0.1, 0.15) is 17.4 Å². The average molecular weight is 406 g/mol. The fraction of sp³-hybridized carbons (Fsp3) is 0.174. The number of thiazole rings is 1. The topological polar surface area (TPSA) is 45.6 Å². The molecule has 1 aliphatic rings. The fourth-order valence-electron chi connectivity index (χ4n) is 3.66. The number of fused-ring (bicyclic) bond motifs is 2. The van der Waals surface area contributed by atoms with E-state index in [1.54, 1.807) is 29.5 Å². The van der Waals surface area contributed by atoms with E-state index >= 15 is 0 Å². The molecule has 0 saturated heterocycles. The molecule has 146 valence electrons. The van der Waals surface area contributed by atoms with Gasteiger partial charge in [0.05, 0.1) is 10.2 Å². The van der Waals surface area contributed by atoms with Gasteiger partial charge < -0.3 is 9.84 Å². The minimum atomic E-state index is -0.233. The predicted molar refractivity (Wildman–Crippen MR) is 113 cm³/mol. The third kappa shape index (κ3) is 3.69. The van der Waals surface area contributed by atoms with Crippen molar-refractivity contribution in [1.82, 2.24) is 9.88 Å². The van der Waals surface area contributed by atoms with Crippen molar-refractivity contribution >= 4 is 21.6 Å². The molecule has 0 atom stereocenters. The van der Waals surface area contributed by atoms with Gasteiger partial charge in [-0.1, -0.05) is 24.3 Å². The first kappa shape index (κ1) is 18.1. The summed E-state index contributed by atoms with van der Waals surface area (Å²) in [7, 11) is 0. The lowest BCUT2D eigenvalue weighted by molar-refractivity contribution is 0.217. The maximum atomic E-state index is 13.2. The number of ether oxygens (including phenoxy) is 1. The van der Waals surface area contributed by atoms with Crippen LogP contribution in [-0.2, 0) is 13.1 Å². The molecule has 0 amide bonds. The summed E-state index contributed by atoms with van der Waals surface area (Å²) in [6.07, 6.45) is 0. The summed E-state index contributed by atoms with van der Waals surface area (Å²) in [6, 6.07) is 18.4. The van der Waals surface area contributed by atoms with E-state index < -0.39 is 0 Å². The van der Waals surface area contributed by atoms with Crippen molar-refractivity contribution in [3.8, 4) is 22.1 Å². The zero-order valence-corrected chi connectivity index (χ0v) is 16.5. The molecule has 0 spiro atoms. The van der Waals surface area contributed by atoms with E-state index in [0.29, 0.717) is 25.4 Å². The number of rotatable bonds is 3. The van der Waals surface area contributed by atoms with Gasteiger partial charge in [-0.15, -0.1) is 11.3 Å². The van der Waals surface area contributed by atoms with Gasteiger partial charge in [-0.2, -0.15) is 0 Å². The second-order valence-electron chi connectivity index (χ2n) is 7.16. The Labute approximate surface area is 171 Å². The molecular formula is C23H19FN2O2S. The zero-order chi connectivity index (χ0) is 19.8. The quantitative estimate of drug-likeness (QED) is 0.508. The van der Waals surface area contributed by atoms with E-state index in [9.17, 15) is 9.50 Å². The highest BCUT2D eigenvalue weighted by molar-refractivity contribution is 7.21. The molecule has 1 N–H and O–H groups in total. The molecule has 29 heavy (non-hydrogen) atoms. The van der Waals surface area contributed by atoms with Crippen molar-refractivity contribution in [2.24, 2.45) is 0 Å². The number of phenols is 1. The van der Waals surface area contributed by atoms with Gasteiger partial charge >= 0.3 is 0 Å². The highest BCUT2D eigenvalue weighted by Crippen LogP contribution is 2.39. The summed E-state index contributed by atoms with van der Waals surface area (Å²) in [4.78, 5) is 6.95. The molecule has 1 aromatic heterocycles. The third-order valence-corrected chi connectivity index (χ3v) is 6.14. The van der Waals surface area contributed by atoms with Crippen LogP contribution in [0.1, 0.15) is 11.1 Å². The summed E-state index contributed by atoms with van der Waals surface area (Å²) in [5, 5.41) is 11.5. The SMILES string of the molecule is Oc1cc(-c2nc3ccccc3s2)cc2c1OCCN(Cc1ccc(F)cc1)C2. The van der Waals surface area contributed by atoms with E-state index in [2.05, 4.69) is 11.0 Å². The van der Waals surface area contributed by atoms with Gasteiger partial charge in [0.25, 0.3) is 0 Å². The average Bonchev–Trinajstić information content (AvgIpc) is 3.05. The normalized spacial score (nSPS) is 14.4. The molecule has 0 saturated carbocycles. The van der Waals surface area contributed by atoms with Crippen LogP contribution in [0.5, 0.6) is 11.5 Å². The summed E-state index contributed by atoms with van der Waals surface area (Å²) in [5.74, 6) is 0.445. The molecule has 5 rings (SSSR count). The number of nitrogens with zero attached hydrogens (tertiary/aromatic N) is 2. The van der Waals surface area contributed by atoms with Crippen LogP contribution in [0.15, 0.2) is 60.7 Å². The Morgan fingerprint density at radius 1 is 1.10 bits per heavy atom. The van der Waals surface area contributed by atoms with Crippen LogP contribution < -0.4 is 4.74 Å². The maximum absolute atomic E-state index is 13.2. The minimum absolute atomic E-state index is 0.139. The van der Waals surface area contributed by atoms with E-state index in [0.717, 1.165) is 38.5 Å². The number of hydrogen-bond donors (Lipinski definition) is 1. The molecule has 6 heteroatoms. The molecule has 3 aromatic carbocycles. The molecule has 0 unspecified atom stereocenters. The standard InChI is InChI=1S/C23H19FN2O2S/c24-18-7-5-15(6-8-18)13-26-9-10-28-22-17(14-26)11-16(12-20(22)27)23-25-19-3-1-2-4-21(19)29-23/h1-8,11-12,27H,9-10,13-14H2. The lowest BCUT2D eigenvalue weighted by Crippen LogP contribution is -2.25. The minimum Gasteiger partial charge on any atom is -0.504 e. The molecule has 0 bridgehead atoms. The van der Waals surface area contributed by atoms with Crippen molar-refractivity contribution in [1.29, 1.82) is 0 Å². The molecular weight excluding hydrogens is 387 g/mol. The Morgan fingerprint density at radius 2 is 1.93 bits per heavy atom. The Hall–Kier alpha value is -2.96. The highest BCUT2D eigenvalue weighted by atomic mass is 32.1. The number of hydrogen-bond acceptors (Lipinski definition) is 5. The summed E-state index contributed by atoms with van der Waals surface area (Å²) in [6.45, 7) is 2.54. The Bertz CT molecular complexity index is 1140. The maximum Gasteiger partial charge on any atom is 0.165 e. The van der Waals surface area contributed by atoms with E-state index in [-0.39, 0.29) is 11.6 Å². The van der Waals surface area contributed by atoms with Gasteiger partial charge in [-0.05, 0) is 42.0 Å². The highest BCUT2D eigenvalue weighted by Gasteiger charge is 2.21. The first-order chi connectivity index (χ1) is 14.2. The fourth-order valence-corrected chi connectivity index (χ4v) is 4.61. The second-order valence-corrected chi connectivity index (χ2v) is 8.19. The van der Waals surface area contributed by atoms with Crippen LogP contribution >= 0.6 is 11.3 Å². The van der Waals surface area contributed by atoms with Gasteiger partial charge in [-0.25, -0.2) is 9.37 Å². The number of benzene rings is 3. The number of para-hydroxylation sites is 1. The van der Waals surface area contributed by atoms with Crippen LogP contribution in [0, 0.1) is 5.82 Å². The first-order valence-corrected chi connectivity index (χ1v) is 10.3. The Kier molecular flexibility index (Phi) is 4.66. The van der Waals surface area contributed by atoms with Crippen LogP contribution in [0.25, 0.3) is 20.8 Å². The summed E-state index contributed by atoms with van der Waals surface area (Å²) >= 11 is 1.61. The molecule has 0 aliphatic carbocycles. The largest absolute Gasteiger partial charge is 0.504 e. The van der Waals surface area contributed by atoms with Crippen molar-refractivity contribution in [3.63, 3.8) is 0 Å². The number of aromatic hydroxyl groups is 1. The summed E-state index contributed by atoms with van der Waals surface area (Å²) < 4.78 is 20.2. The van der Waals surface area contributed by atoms with Gasteiger partial charge in [0, 0.05) is 30.8 Å². The van der Waals surface area contributed by atoms with Crippen molar-refractivity contribution in [2.75, 3.05) is 13.2 Å². The van der Waals surface area contributed by atoms with Crippen molar-refractivity contribution in [3.05, 3.63) is 77.6 Å². The molecule has 0 radical (unpaired) electrons. The van der Waals surface area contributed by atoms with Crippen LogP contribution in [-0.4, -0.2) is 28.1 Å². The molecule has 4 nitrogen and oxygen atoms in total. The third-order valence-electron chi connectivity index (χ3n) is 5.05. The smallest absolute Gasteiger partial charge is 0.165 e. The number of halogens is 1. The van der Waals surface area contributed by atoms with Crippen LogP contribution in [0.3, 0.4) is 0 Å². The molecule has 1 aliphatic heterocycles. The van der Waals surface area contributed by atoms with Crippen molar-refractivity contribution < 1.29 is 14.2 Å². The van der Waals surface area contributed by atoms with E-state index in [1.807, 2.05) is 24.3 Å². The Balaban J connectivity index is 1.47. The lowest BCUT2D eigenvalue weighted by Gasteiger charge is -2.19. The van der Waals surface area contributed by atoms with Crippen LogP contribution in [0.4, 0.5) is 4.39 Å². The van der Waals surface area contributed by atoms with Gasteiger partial charge in [-0.3, -0.25) is 4.90 Å². The van der Waals surface area contributed by atoms with E-state index in [4.69, 9.17) is 9.72 Å². The second kappa shape index (κ2) is 7.46. The number of aromatic nitrogens is 1. The monoisotopic (exact) mass is 406 g/mol. The molecule has 0 fully saturated rings. The van der Waals surface area contributed by atoms with Gasteiger partial charge in [0.2, 0.25) is 0 Å². The van der Waals surface area contributed by atoms with Gasteiger partial charge in [0.15, 0.2) is 11.5 Å². The van der Waals surface area contributed by atoms with Crippen LogP contribution in [0.2, 0.25) is 0 Å². The lowest BCUT2D eigenvalue weighted by atomic mass is 10.1. The van der Waals surface area contributed by atoms with Crippen molar-refractivity contribution in [2.45, 2.75) is 13.1 Å². The van der Waals surface area contributed by atoms with E-state index in [1.165, 1.54) is 12.1 Å². The summed E-state index contributed by atoms with van der Waals surface area (Å²) in [5.41, 5.74) is 3.81. The molecule has 2 heterocycles. The first-order valence-electron chi connectivity index (χ1n) is 9.47. The Morgan fingerprint density at radius 3 is 2.76 bits per heavy atom.